The van der Waals surface area contributed by atoms with Gasteiger partial charge in [-0.1, -0.05) is 32.6 Å². The SMILES string of the molecule is CCC[C@H]1CC[C@H]([C@H]2CC[C@H](C3CCC(C(=O)OC)C(=O)C3)CC2)CC1. The summed E-state index contributed by atoms with van der Waals surface area (Å²) >= 11 is 0. The van der Waals surface area contributed by atoms with Crippen LogP contribution in [0.3, 0.4) is 0 Å². The molecule has 26 heavy (non-hydrogen) atoms. The summed E-state index contributed by atoms with van der Waals surface area (Å²) in [5, 5.41) is 0. The highest BCUT2D eigenvalue weighted by molar-refractivity contribution is 5.99. The molecule has 2 unspecified atom stereocenters. The first-order chi connectivity index (χ1) is 12.6. The number of Topliss-reactive ketones (excluding diaryl/α,β-unsaturated/α-hetero) is 1. The molecule has 0 aliphatic heterocycles. The third-order valence-electron chi connectivity index (χ3n) is 7.90. The van der Waals surface area contributed by atoms with Crippen molar-refractivity contribution in [3.8, 4) is 0 Å². The molecule has 3 aliphatic carbocycles. The van der Waals surface area contributed by atoms with E-state index in [0.717, 1.165) is 24.2 Å². The minimum Gasteiger partial charge on any atom is -0.468 e. The standard InChI is InChI=1S/C23H38O3/c1-3-4-16-5-7-17(8-6-16)18-9-11-19(12-10-18)20-13-14-21(22(24)15-20)23(25)26-2/h16-21H,3-15H2,1-2H3/t16-,17-,18-,19-,20?,21?. The summed E-state index contributed by atoms with van der Waals surface area (Å²) < 4.78 is 4.79. The predicted octanol–water partition coefficient (Wildman–Crippen LogP) is 5.56. The largest absolute Gasteiger partial charge is 0.468 e. The van der Waals surface area contributed by atoms with E-state index in [9.17, 15) is 9.59 Å². The van der Waals surface area contributed by atoms with Crippen LogP contribution in [0.1, 0.15) is 90.4 Å². The highest BCUT2D eigenvalue weighted by atomic mass is 16.5. The monoisotopic (exact) mass is 362 g/mol. The van der Waals surface area contributed by atoms with E-state index >= 15 is 0 Å². The summed E-state index contributed by atoms with van der Waals surface area (Å²) in [5.41, 5.74) is 0. The molecule has 0 N–H and O–H groups in total. The van der Waals surface area contributed by atoms with E-state index in [0.29, 0.717) is 24.7 Å². The number of ketones is 1. The van der Waals surface area contributed by atoms with Gasteiger partial charge in [-0.15, -0.1) is 0 Å². The summed E-state index contributed by atoms with van der Waals surface area (Å²) in [6.07, 6.45) is 16.3. The van der Waals surface area contributed by atoms with Crippen molar-refractivity contribution >= 4 is 11.8 Å². The second-order valence-electron chi connectivity index (χ2n) is 9.33. The Morgan fingerprint density at radius 1 is 0.846 bits per heavy atom. The quantitative estimate of drug-likeness (QED) is 0.475. The van der Waals surface area contributed by atoms with Gasteiger partial charge in [0.15, 0.2) is 0 Å². The Hall–Kier alpha value is -0.860. The van der Waals surface area contributed by atoms with Crippen molar-refractivity contribution in [2.75, 3.05) is 7.11 Å². The van der Waals surface area contributed by atoms with Crippen molar-refractivity contribution in [2.45, 2.75) is 90.4 Å². The maximum Gasteiger partial charge on any atom is 0.316 e. The Kier molecular flexibility index (Phi) is 7.17. The fourth-order valence-corrected chi connectivity index (χ4v) is 6.28. The van der Waals surface area contributed by atoms with Crippen LogP contribution < -0.4 is 0 Å². The number of rotatable bonds is 5. The molecule has 3 rings (SSSR count). The van der Waals surface area contributed by atoms with Crippen LogP contribution in [-0.2, 0) is 14.3 Å². The van der Waals surface area contributed by atoms with Gasteiger partial charge in [-0.05, 0) is 81.0 Å². The van der Waals surface area contributed by atoms with Crippen LogP contribution in [-0.4, -0.2) is 18.9 Å². The van der Waals surface area contributed by atoms with Crippen molar-refractivity contribution in [3.05, 3.63) is 0 Å². The number of ether oxygens (including phenoxy) is 1. The minimum absolute atomic E-state index is 0.129. The van der Waals surface area contributed by atoms with E-state index in [-0.39, 0.29) is 11.8 Å². The molecule has 3 aliphatic rings. The lowest BCUT2D eigenvalue weighted by Gasteiger charge is -2.41. The Morgan fingerprint density at radius 2 is 1.35 bits per heavy atom. The summed E-state index contributed by atoms with van der Waals surface area (Å²) in [6.45, 7) is 2.32. The van der Waals surface area contributed by atoms with Gasteiger partial charge in [0.05, 0.1) is 7.11 Å². The molecule has 0 heterocycles. The maximum atomic E-state index is 12.3. The maximum absolute atomic E-state index is 12.3. The zero-order valence-electron chi connectivity index (χ0n) is 16.9. The highest BCUT2D eigenvalue weighted by Gasteiger charge is 2.39. The summed E-state index contributed by atoms with van der Waals surface area (Å²) in [6, 6.07) is 0. The minimum atomic E-state index is -0.481. The van der Waals surface area contributed by atoms with Gasteiger partial charge in [0.25, 0.3) is 0 Å². The molecule has 3 heteroatoms. The third-order valence-corrected chi connectivity index (χ3v) is 7.90. The van der Waals surface area contributed by atoms with Crippen LogP contribution in [0.2, 0.25) is 0 Å². The molecular formula is C23H38O3. The zero-order chi connectivity index (χ0) is 18.5. The summed E-state index contributed by atoms with van der Waals surface area (Å²) in [4.78, 5) is 24.0. The van der Waals surface area contributed by atoms with Crippen molar-refractivity contribution in [2.24, 2.45) is 35.5 Å². The number of esters is 1. The molecule has 0 amide bonds. The Morgan fingerprint density at radius 3 is 1.85 bits per heavy atom. The van der Waals surface area contributed by atoms with E-state index in [1.54, 1.807) is 0 Å². The van der Waals surface area contributed by atoms with Crippen LogP contribution >= 0.6 is 0 Å². The first-order valence-corrected chi connectivity index (χ1v) is 11.2. The molecule has 0 bridgehead atoms. The lowest BCUT2D eigenvalue weighted by molar-refractivity contribution is -0.151. The summed E-state index contributed by atoms with van der Waals surface area (Å²) in [5.74, 6) is 3.47. The van der Waals surface area contributed by atoms with E-state index in [4.69, 9.17) is 4.74 Å². The molecule has 3 fully saturated rings. The molecule has 148 valence electrons. The van der Waals surface area contributed by atoms with Crippen LogP contribution in [0.25, 0.3) is 0 Å². The zero-order valence-corrected chi connectivity index (χ0v) is 16.9. The molecule has 0 radical (unpaired) electrons. The van der Waals surface area contributed by atoms with Crippen molar-refractivity contribution in [1.29, 1.82) is 0 Å². The molecule has 2 atom stereocenters. The average Bonchev–Trinajstić information content (AvgIpc) is 2.68. The van der Waals surface area contributed by atoms with Gasteiger partial charge in [0.2, 0.25) is 0 Å². The van der Waals surface area contributed by atoms with Gasteiger partial charge >= 0.3 is 5.97 Å². The molecular weight excluding hydrogens is 324 g/mol. The smallest absolute Gasteiger partial charge is 0.316 e. The van der Waals surface area contributed by atoms with Gasteiger partial charge in [-0.2, -0.15) is 0 Å². The van der Waals surface area contributed by atoms with Crippen molar-refractivity contribution in [1.82, 2.24) is 0 Å². The fourth-order valence-electron chi connectivity index (χ4n) is 6.28. The van der Waals surface area contributed by atoms with Crippen LogP contribution in [0, 0.1) is 35.5 Å². The number of hydrogen-bond donors (Lipinski definition) is 0. The lowest BCUT2D eigenvalue weighted by atomic mass is 9.64. The molecule has 3 nitrogen and oxygen atoms in total. The average molecular weight is 363 g/mol. The first-order valence-electron chi connectivity index (χ1n) is 11.2. The van der Waals surface area contributed by atoms with E-state index in [2.05, 4.69) is 6.92 Å². The van der Waals surface area contributed by atoms with E-state index in [1.807, 2.05) is 0 Å². The Bertz CT molecular complexity index is 470. The number of methoxy groups -OCH3 is 1. The van der Waals surface area contributed by atoms with Gasteiger partial charge < -0.3 is 4.74 Å². The number of carbonyl (C=O) groups excluding carboxylic acids is 2. The lowest BCUT2D eigenvalue weighted by Crippen LogP contribution is -2.36. The second kappa shape index (κ2) is 9.37. The van der Waals surface area contributed by atoms with Crippen molar-refractivity contribution < 1.29 is 14.3 Å². The topological polar surface area (TPSA) is 43.4 Å². The number of carbonyl (C=O) groups is 2. The highest BCUT2D eigenvalue weighted by Crippen LogP contribution is 2.45. The molecule has 3 saturated carbocycles. The van der Waals surface area contributed by atoms with Crippen LogP contribution in [0.4, 0.5) is 0 Å². The third kappa shape index (κ3) is 4.70. The Labute approximate surface area is 159 Å². The molecule has 0 saturated heterocycles. The van der Waals surface area contributed by atoms with E-state index < -0.39 is 5.92 Å². The van der Waals surface area contributed by atoms with Crippen molar-refractivity contribution in [3.63, 3.8) is 0 Å². The van der Waals surface area contributed by atoms with E-state index in [1.165, 1.54) is 71.3 Å². The first kappa shape index (κ1) is 19.9. The normalized spacial score (nSPS) is 38.8. The molecule has 0 spiro atoms. The second-order valence-corrected chi connectivity index (χ2v) is 9.33. The molecule has 0 aromatic carbocycles. The van der Waals surface area contributed by atoms with Crippen LogP contribution in [0.5, 0.6) is 0 Å². The molecule has 0 aromatic heterocycles. The Balaban J connectivity index is 1.42. The van der Waals surface area contributed by atoms with Gasteiger partial charge in [-0.25, -0.2) is 0 Å². The molecule has 0 aromatic rings. The van der Waals surface area contributed by atoms with Gasteiger partial charge in [-0.3, -0.25) is 9.59 Å². The van der Waals surface area contributed by atoms with Crippen LogP contribution in [0.15, 0.2) is 0 Å². The summed E-state index contributed by atoms with van der Waals surface area (Å²) in [7, 11) is 1.39. The van der Waals surface area contributed by atoms with Gasteiger partial charge in [0.1, 0.15) is 11.7 Å². The predicted molar refractivity (Wildman–Crippen MR) is 104 cm³/mol. The van der Waals surface area contributed by atoms with Gasteiger partial charge in [0, 0.05) is 6.42 Å². The number of hydrogen-bond acceptors (Lipinski definition) is 3. The fraction of sp³-hybridized carbons (Fsp3) is 0.913.